The minimum absolute atomic E-state index is 0.0354. The average Bonchev–Trinajstić information content (AvgIpc) is 3.23. The van der Waals surface area contributed by atoms with E-state index in [1.165, 1.54) is 11.3 Å². The van der Waals surface area contributed by atoms with E-state index in [2.05, 4.69) is 64.0 Å². The number of carbonyl (C=O) groups is 1. The number of amides is 1. The summed E-state index contributed by atoms with van der Waals surface area (Å²) in [5, 5.41) is 9.84. The van der Waals surface area contributed by atoms with Gasteiger partial charge in [-0.25, -0.2) is 0 Å². The highest BCUT2D eigenvalue weighted by molar-refractivity contribution is 5.94. The lowest BCUT2D eigenvalue weighted by molar-refractivity contribution is 0.0953. The van der Waals surface area contributed by atoms with E-state index in [1.807, 2.05) is 30.3 Å². The molecular formula is C24H33N5O. The Kier molecular flexibility index (Phi) is 8.12. The van der Waals surface area contributed by atoms with Gasteiger partial charge in [0.2, 0.25) is 0 Å². The molecule has 1 unspecified atom stereocenters. The van der Waals surface area contributed by atoms with Gasteiger partial charge in [0, 0.05) is 50.0 Å². The van der Waals surface area contributed by atoms with Crippen LogP contribution in [0.15, 0.2) is 59.6 Å². The van der Waals surface area contributed by atoms with Gasteiger partial charge in [-0.05, 0) is 51.0 Å². The number of aryl methyl sites for hydroxylation is 1. The number of hydrogen-bond acceptors (Lipinski definition) is 3. The van der Waals surface area contributed by atoms with Crippen LogP contribution in [0.4, 0.5) is 5.69 Å². The van der Waals surface area contributed by atoms with Gasteiger partial charge in [0.25, 0.3) is 5.91 Å². The second-order valence-corrected chi connectivity index (χ2v) is 7.65. The first kappa shape index (κ1) is 21.7. The minimum atomic E-state index is -0.0354. The quantitative estimate of drug-likeness (QED) is 0.358. The highest BCUT2D eigenvalue weighted by Gasteiger charge is 2.23. The molecule has 1 heterocycles. The third kappa shape index (κ3) is 6.51. The molecular weight excluding hydrogens is 374 g/mol. The molecule has 160 valence electrons. The molecule has 0 bridgehead atoms. The monoisotopic (exact) mass is 407 g/mol. The van der Waals surface area contributed by atoms with Crippen molar-refractivity contribution in [1.82, 2.24) is 16.0 Å². The fourth-order valence-corrected chi connectivity index (χ4v) is 3.54. The Morgan fingerprint density at radius 1 is 1.10 bits per heavy atom. The van der Waals surface area contributed by atoms with Gasteiger partial charge in [-0.3, -0.25) is 9.79 Å². The first-order valence-corrected chi connectivity index (χ1v) is 10.9. The summed E-state index contributed by atoms with van der Waals surface area (Å²) in [4.78, 5) is 19.2. The van der Waals surface area contributed by atoms with Crippen molar-refractivity contribution in [3.8, 4) is 0 Å². The summed E-state index contributed by atoms with van der Waals surface area (Å²) in [6, 6.07) is 18.4. The maximum Gasteiger partial charge on any atom is 0.251 e. The summed E-state index contributed by atoms with van der Waals surface area (Å²) in [5.41, 5.74) is 3.26. The first-order chi connectivity index (χ1) is 14.7. The van der Waals surface area contributed by atoms with Crippen LogP contribution in [-0.4, -0.2) is 50.6 Å². The molecule has 1 saturated heterocycles. The Bertz CT molecular complexity index is 819. The van der Waals surface area contributed by atoms with Crippen molar-refractivity contribution >= 4 is 17.6 Å². The van der Waals surface area contributed by atoms with E-state index in [0.29, 0.717) is 24.7 Å². The third-order valence-corrected chi connectivity index (χ3v) is 5.20. The van der Waals surface area contributed by atoms with E-state index in [0.717, 1.165) is 38.4 Å². The molecule has 2 aromatic carbocycles. The number of aliphatic imine (C=N–C) groups is 1. The molecule has 1 aliphatic rings. The van der Waals surface area contributed by atoms with Crippen LogP contribution in [0.1, 0.15) is 35.7 Å². The van der Waals surface area contributed by atoms with Gasteiger partial charge in [0.15, 0.2) is 5.96 Å². The fraction of sp³-hybridized carbons (Fsp3) is 0.417. The number of guanidine groups is 1. The van der Waals surface area contributed by atoms with E-state index < -0.39 is 0 Å². The highest BCUT2D eigenvalue weighted by atomic mass is 16.1. The minimum Gasteiger partial charge on any atom is -0.369 e. The topological polar surface area (TPSA) is 68.8 Å². The molecule has 3 N–H and O–H groups in total. The van der Waals surface area contributed by atoms with Crippen molar-refractivity contribution < 1.29 is 4.79 Å². The standard InChI is InChI=1S/C24H33N5O/c1-3-25-24(27-16-7-15-26-23(30)20-8-5-4-6-9-20)28-21-14-17-29(18-21)22-12-10-19(2)11-13-22/h4-6,8-13,21H,3,7,14-18H2,1-2H3,(H,26,30)(H2,25,27,28). The Balaban J connectivity index is 1.42. The summed E-state index contributed by atoms with van der Waals surface area (Å²) in [6.45, 7) is 8.31. The summed E-state index contributed by atoms with van der Waals surface area (Å²) in [6.07, 6.45) is 1.89. The number of nitrogens with one attached hydrogen (secondary N) is 3. The lowest BCUT2D eigenvalue weighted by Crippen LogP contribution is -2.44. The molecule has 0 aliphatic carbocycles. The molecule has 30 heavy (non-hydrogen) atoms. The molecule has 0 spiro atoms. The summed E-state index contributed by atoms with van der Waals surface area (Å²) in [5.74, 6) is 0.814. The second-order valence-electron chi connectivity index (χ2n) is 7.65. The van der Waals surface area contributed by atoms with Crippen LogP contribution in [0.2, 0.25) is 0 Å². The Morgan fingerprint density at radius 3 is 2.60 bits per heavy atom. The van der Waals surface area contributed by atoms with Crippen LogP contribution < -0.4 is 20.9 Å². The number of hydrogen-bond donors (Lipinski definition) is 3. The van der Waals surface area contributed by atoms with Crippen molar-refractivity contribution in [2.45, 2.75) is 32.7 Å². The largest absolute Gasteiger partial charge is 0.369 e. The Hall–Kier alpha value is -3.02. The van der Waals surface area contributed by atoms with Crippen LogP contribution in [0.5, 0.6) is 0 Å². The van der Waals surface area contributed by atoms with E-state index in [4.69, 9.17) is 0 Å². The van der Waals surface area contributed by atoms with Crippen LogP contribution in [0.3, 0.4) is 0 Å². The number of anilines is 1. The van der Waals surface area contributed by atoms with E-state index in [9.17, 15) is 4.79 Å². The lowest BCUT2D eigenvalue weighted by Gasteiger charge is -2.20. The molecule has 1 fully saturated rings. The van der Waals surface area contributed by atoms with Gasteiger partial charge in [-0.15, -0.1) is 0 Å². The molecule has 3 rings (SSSR count). The highest BCUT2D eigenvalue weighted by Crippen LogP contribution is 2.20. The van der Waals surface area contributed by atoms with Gasteiger partial charge in [-0.2, -0.15) is 0 Å². The smallest absolute Gasteiger partial charge is 0.251 e. The third-order valence-electron chi connectivity index (χ3n) is 5.20. The molecule has 1 amide bonds. The fourth-order valence-electron chi connectivity index (χ4n) is 3.54. The second kappa shape index (κ2) is 11.2. The Labute approximate surface area is 179 Å². The van der Waals surface area contributed by atoms with Crippen molar-refractivity contribution in [3.63, 3.8) is 0 Å². The van der Waals surface area contributed by atoms with Gasteiger partial charge >= 0.3 is 0 Å². The molecule has 1 aliphatic heterocycles. The van der Waals surface area contributed by atoms with Gasteiger partial charge < -0.3 is 20.9 Å². The summed E-state index contributed by atoms with van der Waals surface area (Å²) < 4.78 is 0. The van der Waals surface area contributed by atoms with Crippen molar-refractivity contribution in [3.05, 3.63) is 65.7 Å². The van der Waals surface area contributed by atoms with Crippen LogP contribution in [-0.2, 0) is 0 Å². The first-order valence-electron chi connectivity index (χ1n) is 10.9. The van der Waals surface area contributed by atoms with Crippen molar-refractivity contribution in [1.29, 1.82) is 0 Å². The number of benzene rings is 2. The molecule has 0 radical (unpaired) electrons. The molecule has 6 nitrogen and oxygen atoms in total. The number of nitrogens with zero attached hydrogens (tertiary/aromatic N) is 2. The van der Waals surface area contributed by atoms with Crippen LogP contribution in [0, 0.1) is 6.92 Å². The van der Waals surface area contributed by atoms with E-state index in [-0.39, 0.29) is 5.91 Å². The van der Waals surface area contributed by atoms with Gasteiger partial charge in [0.1, 0.15) is 0 Å². The lowest BCUT2D eigenvalue weighted by atomic mass is 10.2. The number of rotatable bonds is 8. The maximum atomic E-state index is 12.1. The molecule has 0 aromatic heterocycles. The molecule has 1 atom stereocenters. The van der Waals surface area contributed by atoms with E-state index in [1.54, 1.807) is 0 Å². The summed E-state index contributed by atoms with van der Waals surface area (Å²) in [7, 11) is 0. The zero-order chi connectivity index (χ0) is 21.2. The SMILES string of the molecule is CCNC(=NCCCNC(=O)c1ccccc1)NC1CCN(c2ccc(C)cc2)C1. The molecule has 6 heteroatoms. The predicted octanol–water partition coefficient (Wildman–Crippen LogP) is 2.95. The zero-order valence-corrected chi connectivity index (χ0v) is 18.0. The zero-order valence-electron chi connectivity index (χ0n) is 18.0. The van der Waals surface area contributed by atoms with Gasteiger partial charge in [-0.1, -0.05) is 35.9 Å². The van der Waals surface area contributed by atoms with Crippen LogP contribution in [0.25, 0.3) is 0 Å². The molecule has 2 aromatic rings. The van der Waals surface area contributed by atoms with Gasteiger partial charge in [0.05, 0.1) is 0 Å². The van der Waals surface area contributed by atoms with E-state index >= 15 is 0 Å². The van der Waals surface area contributed by atoms with Crippen LogP contribution >= 0.6 is 0 Å². The maximum absolute atomic E-state index is 12.1. The van der Waals surface area contributed by atoms with Crippen molar-refractivity contribution in [2.75, 3.05) is 37.6 Å². The summed E-state index contributed by atoms with van der Waals surface area (Å²) >= 11 is 0. The Morgan fingerprint density at radius 2 is 1.87 bits per heavy atom. The molecule has 0 saturated carbocycles. The number of carbonyl (C=O) groups excluding carboxylic acids is 1. The van der Waals surface area contributed by atoms with Crippen molar-refractivity contribution in [2.24, 2.45) is 4.99 Å². The predicted molar refractivity (Wildman–Crippen MR) is 124 cm³/mol. The normalized spacial score (nSPS) is 16.4. The average molecular weight is 408 g/mol.